The lowest BCUT2D eigenvalue weighted by molar-refractivity contribution is 0.786. The molecule has 0 aromatic carbocycles. The number of aromatic amines is 1. The first kappa shape index (κ1) is 10.7. The Morgan fingerprint density at radius 3 is 2.83 bits per heavy atom. The predicted molar refractivity (Wildman–Crippen MR) is 61.9 cm³/mol. The number of nitrogens with one attached hydrogen (secondary N) is 1. The Balaban J connectivity index is 2.10. The first-order valence-corrected chi connectivity index (χ1v) is 5.28. The second-order valence-corrected chi connectivity index (χ2v) is 3.74. The van der Waals surface area contributed by atoms with Gasteiger partial charge in [-0.3, -0.25) is 9.89 Å². The van der Waals surface area contributed by atoms with Crippen molar-refractivity contribution in [2.75, 3.05) is 0 Å². The highest BCUT2D eigenvalue weighted by Gasteiger charge is 2.11. The highest BCUT2D eigenvalue weighted by Crippen LogP contribution is 2.05. The third-order valence-electron chi connectivity index (χ3n) is 2.27. The van der Waals surface area contributed by atoms with Crippen LogP contribution < -0.4 is 5.56 Å². The van der Waals surface area contributed by atoms with Crippen molar-refractivity contribution in [3.63, 3.8) is 0 Å². The fraction of sp³-hybridized carbons (Fsp3) is 0. The molecule has 9 heteroatoms. The molecule has 3 rings (SSSR count). The molecule has 18 heavy (non-hydrogen) atoms. The van der Waals surface area contributed by atoms with Crippen LogP contribution in [0.5, 0.6) is 0 Å². The maximum atomic E-state index is 12.1. The molecule has 0 aliphatic heterocycles. The predicted octanol–water partition coefficient (Wildman–Crippen LogP) is 0.190. The first-order valence-electron chi connectivity index (χ1n) is 4.91. The van der Waals surface area contributed by atoms with E-state index in [2.05, 4.69) is 25.4 Å². The zero-order valence-electron chi connectivity index (χ0n) is 8.86. The highest BCUT2D eigenvalue weighted by molar-refractivity contribution is 6.29. The number of H-pyrrole nitrogens is 1. The van der Waals surface area contributed by atoms with Crippen LogP contribution in [0.25, 0.3) is 11.5 Å². The second-order valence-electron chi connectivity index (χ2n) is 3.35. The SMILES string of the molecule is O=c1c(-n2cncn2)c[nH]n1-c1ccc(Cl)nn1. The van der Waals surface area contributed by atoms with Gasteiger partial charge in [0, 0.05) is 0 Å². The molecule has 0 unspecified atom stereocenters. The monoisotopic (exact) mass is 263 g/mol. The van der Waals surface area contributed by atoms with Gasteiger partial charge in [0.15, 0.2) is 16.7 Å². The lowest BCUT2D eigenvalue weighted by Gasteiger charge is -1.98. The Morgan fingerprint density at radius 1 is 1.28 bits per heavy atom. The Kier molecular flexibility index (Phi) is 2.41. The van der Waals surface area contributed by atoms with Crippen molar-refractivity contribution in [3.05, 3.63) is 46.5 Å². The molecule has 0 saturated heterocycles. The van der Waals surface area contributed by atoms with E-state index in [1.54, 1.807) is 12.1 Å². The smallest absolute Gasteiger partial charge is 0.294 e. The minimum atomic E-state index is -0.308. The van der Waals surface area contributed by atoms with Crippen LogP contribution in [-0.4, -0.2) is 34.7 Å². The summed E-state index contributed by atoms with van der Waals surface area (Å²) in [4.78, 5) is 15.9. The molecule has 90 valence electrons. The van der Waals surface area contributed by atoms with Crippen LogP contribution in [0.15, 0.2) is 35.8 Å². The van der Waals surface area contributed by atoms with Crippen molar-refractivity contribution in [2.24, 2.45) is 0 Å². The maximum absolute atomic E-state index is 12.1. The molecule has 8 nitrogen and oxygen atoms in total. The number of hydrogen-bond acceptors (Lipinski definition) is 5. The lowest BCUT2D eigenvalue weighted by atomic mass is 10.5. The molecule has 0 bridgehead atoms. The van der Waals surface area contributed by atoms with Gasteiger partial charge in [0.1, 0.15) is 12.7 Å². The normalized spacial score (nSPS) is 10.7. The van der Waals surface area contributed by atoms with Crippen molar-refractivity contribution < 1.29 is 0 Å². The zero-order valence-corrected chi connectivity index (χ0v) is 9.61. The summed E-state index contributed by atoms with van der Waals surface area (Å²) in [6.45, 7) is 0. The third kappa shape index (κ3) is 1.68. The third-order valence-corrected chi connectivity index (χ3v) is 2.47. The molecular weight excluding hydrogens is 258 g/mol. The van der Waals surface area contributed by atoms with E-state index in [1.807, 2.05) is 0 Å². The van der Waals surface area contributed by atoms with Gasteiger partial charge in [-0.15, -0.1) is 10.2 Å². The molecule has 0 aliphatic carbocycles. The van der Waals surface area contributed by atoms with E-state index in [0.717, 1.165) is 0 Å². The highest BCUT2D eigenvalue weighted by atomic mass is 35.5. The molecule has 0 amide bonds. The van der Waals surface area contributed by atoms with E-state index < -0.39 is 0 Å². The van der Waals surface area contributed by atoms with Crippen LogP contribution in [0.3, 0.4) is 0 Å². The minimum Gasteiger partial charge on any atom is -0.294 e. The van der Waals surface area contributed by atoms with E-state index >= 15 is 0 Å². The van der Waals surface area contributed by atoms with Gasteiger partial charge in [-0.05, 0) is 12.1 Å². The van der Waals surface area contributed by atoms with E-state index in [4.69, 9.17) is 11.6 Å². The molecule has 3 heterocycles. The molecule has 0 spiro atoms. The van der Waals surface area contributed by atoms with E-state index in [0.29, 0.717) is 11.5 Å². The second kappa shape index (κ2) is 4.08. The summed E-state index contributed by atoms with van der Waals surface area (Å²) < 4.78 is 2.60. The molecule has 1 N–H and O–H groups in total. The Labute approximate surface area is 105 Å². The lowest BCUT2D eigenvalue weighted by Crippen LogP contribution is -2.19. The Hall–Kier alpha value is -2.48. The van der Waals surface area contributed by atoms with E-state index in [1.165, 1.54) is 28.2 Å². The standard InChI is InChI=1S/C9H6ClN7O/c10-7-1-2-8(15-14-7)17-9(18)6(3-12-17)16-5-11-4-13-16/h1-5,12H. The Bertz CT molecular complexity index is 712. The zero-order chi connectivity index (χ0) is 12.5. The summed E-state index contributed by atoms with van der Waals surface area (Å²) in [6.07, 6.45) is 4.29. The molecule has 0 aliphatic rings. The molecule has 0 saturated carbocycles. The average Bonchev–Trinajstić information content (AvgIpc) is 2.99. The topological polar surface area (TPSA) is 94.3 Å². The van der Waals surface area contributed by atoms with Gasteiger partial charge in [-0.1, -0.05) is 11.6 Å². The van der Waals surface area contributed by atoms with Crippen molar-refractivity contribution in [3.8, 4) is 11.5 Å². The fourth-order valence-corrected chi connectivity index (χ4v) is 1.56. The van der Waals surface area contributed by atoms with Gasteiger partial charge >= 0.3 is 0 Å². The summed E-state index contributed by atoms with van der Waals surface area (Å²) in [5.74, 6) is 0.343. The summed E-state index contributed by atoms with van der Waals surface area (Å²) in [5.41, 5.74) is 0.0290. The van der Waals surface area contributed by atoms with Crippen molar-refractivity contribution >= 4 is 11.6 Å². The van der Waals surface area contributed by atoms with Crippen LogP contribution in [0, 0.1) is 0 Å². The van der Waals surface area contributed by atoms with Crippen LogP contribution in [0.2, 0.25) is 5.15 Å². The molecule has 3 aromatic rings. The van der Waals surface area contributed by atoms with Crippen LogP contribution in [-0.2, 0) is 0 Å². The van der Waals surface area contributed by atoms with Crippen molar-refractivity contribution in [1.29, 1.82) is 0 Å². The number of rotatable bonds is 2. The molecular formula is C9H6ClN7O. The molecule has 0 fully saturated rings. The summed E-state index contributed by atoms with van der Waals surface area (Å²) >= 11 is 5.63. The first-order chi connectivity index (χ1) is 8.75. The number of hydrogen-bond donors (Lipinski definition) is 1. The van der Waals surface area contributed by atoms with Gasteiger partial charge in [0.05, 0.1) is 6.20 Å². The molecule has 0 radical (unpaired) electrons. The molecule has 3 aromatic heterocycles. The number of aromatic nitrogens is 7. The number of nitrogens with zero attached hydrogens (tertiary/aromatic N) is 6. The van der Waals surface area contributed by atoms with Crippen molar-refractivity contribution in [2.45, 2.75) is 0 Å². The molecule has 0 atom stereocenters. The van der Waals surface area contributed by atoms with Crippen LogP contribution in [0.4, 0.5) is 0 Å². The maximum Gasteiger partial charge on any atom is 0.298 e. The van der Waals surface area contributed by atoms with Gasteiger partial charge < -0.3 is 0 Å². The summed E-state index contributed by atoms with van der Waals surface area (Å²) in [5, 5.41) is 14.4. The van der Waals surface area contributed by atoms with E-state index in [9.17, 15) is 4.79 Å². The fourth-order valence-electron chi connectivity index (χ4n) is 1.46. The van der Waals surface area contributed by atoms with Crippen LogP contribution >= 0.6 is 11.6 Å². The van der Waals surface area contributed by atoms with Gasteiger partial charge in [-0.25, -0.2) is 9.67 Å². The van der Waals surface area contributed by atoms with Gasteiger partial charge in [0.25, 0.3) is 5.56 Å². The minimum absolute atomic E-state index is 0.259. The van der Waals surface area contributed by atoms with Crippen LogP contribution in [0.1, 0.15) is 0 Å². The summed E-state index contributed by atoms with van der Waals surface area (Å²) in [6, 6.07) is 3.13. The average molecular weight is 264 g/mol. The summed E-state index contributed by atoms with van der Waals surface area (Å²) in [7, 11) is 0. The largest absolute Gasteiger partial charge is 0.298 e. The van der Waals surface area contributed by atoms with Crippen molar-refractivity contribution in [1.82, 2.24) is 34.7 Å². The quantitative estimate of drug-likeness (QED) is 0.712. The van der Waals surface area contributed by atoms with Gasteiger partial charge in [0.2, 0.25) is 0 Å². The Morgan fingerprint density at radius 2 is 2.17 bits per heavy atom. The van der Waals surface area contributed by atoms with Gasteiger partial charge in [-0.2, -0.15) is 9.78 Å². The van der Waals surface area contributed by atoms with E-state index in [-0.39, 0.29) is 10.7 Å². The number of halogens is 1.